The molecule has 2 atom stereocenters. The monoisotopic (exact) mass is 230 g/mol. The van der Waals surface area contributed by atoms with E-state index in [-0.39, 0.29) is 23.8 Å². The van der Waals surface area contributed by atoms with Crippen LogP contribution in [0.3, 0.4) is 0 Å². The van der Waals surface area contributed by atoms with Crippen molar-refractivity contribution in [1.29, 1.82) is 5.26 Å². The first-order valence-electron chi connectivity index (χ1n) is 4.74. The Balaban J connectivity index is 2.48. The van der Waals surface area contributed by atoms with Crippen molar-refractivity contribution in [3.63, 3.8) is 0 Å². The quantitative estimate of drug-likeness (QED) is 0.742. The van der Waals surface area contributed by atoms with E-state index < -0.39 is 12.2 Å². The number of nitriles is 1. The highest BCUT2D eigenvalue weighted by atomic mass is 19.4. The zero-order chi connectivity index (χ0) is 11.9. The number of hydrogen-bond acceptors (Lipinski definition) is 3. The lowest BCUT2D eigenvalue weighted by molar-refractivity contribution is -0.173. The van der Waals surface area contributed by atoms with Gasteiger partial charge in [0, 0.05) is 6.04 Å². The van der Waals surface area contributed by atoms with Gasteiger partial charge in [0.25, 0.3) is 0 Å². The summed E-state index contributed by atoms with van der Waals surface area (Å²) in [6.45, 7) is 1.65. The molecule has 2 rings (SSSR count). The van der Waals surface area contributed by atoms with Crippen molar-refractivity contribution < 1.29 is 13.2 Å². The van der Waals surface area contributed by atoms with E-state index in [0.717, 1.165) is 10.9 Å². The standard InChI is InChI=1S/C9H9F3N4/c1-5-2-7(9(10,11)12)16-8(15-5)6(3-13)4-14-16/h4-5,7,15H,2H2,1H3. The fourth-order valence-corrected chi connectivity index (χ4v) is 1.82. The fraction of sp³-hybridized carbons (Fsp3) is 0.556. The first-order valence-corrected chi connectivity index (χ1v) is 4.74. The Labute approximate surface area is 89.7 Å². The highest BCUT2D eigenvalue weighted by Crippen LogP contribution is 2.39. The summed E-state index contributed by atoms with van der Waals surface area (Å²) in [5.74, 6) is 0.156. The number of fused-ring (bicyclic) bond motifs is 1. The Bertz CT molecular complexity index is 443. The second-order valence-corrected chi connectivity index (χ2v) is 3.80. The van der Waals surface area contributed by atoms with Gasteiger partial charge in [-0.1, -0.05) is 0 Å². The molecule has 1 aromatic rings. The summed E-state index contributed by atoms with van der Waals surface area (Å²) in [5, 5.41) is 15.2. The van der Waals surface area contributed by atoms with Crippen molar-refractivity contribution in [2.24, 2.45) is 0 Å². The van der Waals surface area contributed by atoms with E-state index in [1.165, 1.54) is 0 Å². The zero-order valence-corrected chi connectivity index (χ0v) is 8.41. The predicted molar refractivity (Wildman–Crippen MR) is 49.7 cm³/mol. The summed E-state index contributed by atoms with van der Waals surface area (Å²) >= 11 is 0. The first-order chi connectivity index (χ1) is 7.43. The number of rotatable bonds is 0. The van der Waals surface area contributed by atoms with Crippen molar-refractivity contribution in [3.05, 3.63) is 11.8 Å². The number of anilines is 1. The lowest BCUT2D eigenvalue weighted by Gasteiger charge is -2.31. The Hall–Kier alpha value is -1.71. The van der Waals surface area contributed by atoms with Crippen LogP contribution < -0.4 is 5.32 Å². The van der Waals surface area contributed by atoms with Crippen molar-refractivity contribution in [1.82, 2.24) is 9.78 Å². The number of nitrogens with one attached hydrogen (secondary N) is 1. The number of halogens is 3. The molecule has 0 saturated carbocycles. The molecule has 2 heterocycles. The largest absolute Gasteiger partial charge is 0.410 e. The van der Waals surface area contributed by atoms with Crippen molar-refractivity contribution in [3.8, 4) is 6.07 Å². The third-order valence-corrected chi connectivity index (χ3v) is 2.55. The lowest BCUT2D eigenvalue weighted by Crippen LogP contribution is -2.38. The first kappa shape index (κ1) is 10.8. The minimum Gasteiger partial charge on any atom is -0.367 e. The van der Waals surface area contributed by atoms with Gasteiger partial charge in [0.15, 0.2) is 6.04 Å². The topological polar surface area (TPSA) is 53.6 Å². The van der Waals surface area contributed by atoms with E-state index in [2.05, 4.69) is 10.4 Å². The van der Waals surface area contributed by atoms with Gasteiger partial charge >= 0.3 is 6.18 Å². The molecule has 1 aromatic heterocycles. The summed E-state index contributed by atoms with van der Waals surface area (Å²) < 4.78 is 39.1. The van der Waals surface area contributed by atoms with Crippen molar-refractivity contribution in [2.45, 2.75) is 31.6 Å². The minimum absolute atomic E-state index is 0.0803. The highest BCUT2D eigenvalue weighted by molar-refractivity contribution is 5.53. The van der Waals surface area contributed by atoms with Crippen molar-refractivity contribution >= 4 is 5.82 Å². The van der Waals surface area contributed by atoms with Crippen molar-refractivity contribution in [2.75, 3.05) is 5.32 Å². The van der Waals surface area contributed by atoms with Gasteiger partial charge in [-0.05, 0) is 13.3 Å². The lowest BCUT2D eigenvalue weighted by atomic mass is 10.1. The van der Waals surface area contributed by atoms with Gasteiger partial charge in [0.05, 0.1) is 6.20 Å². The van der Waals surface area contributed by atoms with Crippen LogP contribution in [0.25, 0.3) is 0 Å². The van der Waals surface area contributed by atoms with E-state index in [0.29, 0.717) is 0 Å². The average Bonchev–Trinajstić information content (AvgIpc) is 2.57. The van der Waals surface area contributed by atoms with Gasteiger partial charge in [-0.2, -0.15) is 23.5 Å². The molecule has 0 radical (unpaired) electrons. The van der Waals surface area contributed by atoms with Gasteiger partial charge in [0.2, 0.25) is 0 Å². The van der Waals surface area contributed by atoms with Crippen LogP contribution in [0.4, 0.5) is 19.0 Å². The SMILES string of the molecule is CC1CC(C(F)(F)F)n2ncc(C#N)c2N1. The van der Waals surface area contributed by atoms with Crippen LogP contribution in [0.5, 0.6) is 0 Å². The second-order valence-electron chi connectivity index (χ2n) is 3.80. The van der Waals surface area contributed by atoms with Gasteiger partial charge in [-0.3, -0.25) is 0 Å². The third-order valence-electron chi connectivity index (χ3n) is 2.55. The second kappa shape index (κ2) is 3.40. The fourth-order valence-electron chi connectivity index (χ4n) is 1.82. The highest BCUT2D eigenvalue weighted by Gasteiger charge is 2.45. The van der Waals surface area contributed by atoms with Crippen LogP contribution in [0, 0.1) is 11.3 Å². The summed E-state index contributed by atoms with van der Waals surface area (Å²) in [6, 6.07) is -0.168. The smallest absolute Gasteiger partial charge is 0.367 e. The number of nitrogens with zero attached hydrogens (tertiary/aromatic N) is 3. The minimum atomic E-state index is -4.34. The molecular formula is C9H9F3N4. The van der Waals surface area contributed by atoms with E-state index in [9.17, 15) is 13.2 Å². The van der Waals surface area contributed by atoms with E-state index >= 15 is 0 Å². The van der Waals surface area contributed by atoms with Gasteiger partial charge in [-0.15, -0.1) is 0 Å². The zero-order valence-electron chi connectivity index (χ0n) is 8.41. The maximum Gasteiger partial charge on any atom is 0.410 e. The van der Waals surface area contributed by atoms with Gasteiger partial charge in [0.1, 0.15) is 17.5 Å². The van der Waals surface area contributed by atoms with Gasteiger partial charge < -0.3 is 5.32 Å². The summed E-state index contributed by atoms with van der Waals surface area (Å²) in [7, 11) is 0. The molecular weight excluding hydrogens is 221 g/mol. The van der Waals surface area contributed by atoms with E-state index in [1.807, 2.05) is 6.07 Å². The molecule has 16 heavy (non-hydrogen) atoms. The maximum atomic E-state index is 12.7. The Morgan fingerprint density at radius 3 is 2.88 bits per heavy atom. The maximum absolute atomic E-state index is 12.7. The Morgan fingerprint density at radius 1 is 1.62 bits per heavy atom. The molecule has 0 aliphatic carbocycles. The molecule has 1 aliphatic rings. The number of aromatic nitrogens is 2. The molecule has 2 unspecified atom stereocenters. The van der Waals surface area contributed by atoms with Crippen LogP contribution in [0.2, 0.25) is 0 Å². The van der Waals surface area contributed by atoms with Crippen LogP contribution >= 0.6 is 0 Å². The molecule has 0 saturated heterocycles. The van der Waals surface area contributed by atoms with Crippen LogP contribution in [0.15, 0.2) is 6.20 Å². The van der Waals surface area contributed by atoms with Crippen LogP contribution in [0.1, 0.15) is 24.9 Å². The van der Waals surface area contributed by atoms with Crippen LogP contribution in [-0.4, -0.2) is 22.0 Å². The van der Waals surface area contributed by atoms with E-state index in [1.54, 1.807) is 6.92 Å². The molecule has 86 valence electrons. The molecule has 7 heteroatoms. The molecule has 1 aliphatic heterocycles. The van der Waals surface area contributed by atoms with E-state index in [4.69, 9.17) is 5.26 Å². The molecule has 0 amide bonds. The summed E-state index contributed by atoms with van der Waals surface area (Å²) in [6.07, 6.45) is -3.27. The molecule has 4 nitrogen and oxygen atoms in total. The Kier molecular flexibility index (Phi) is 2.30. The Morgan fingerprint density at radius 2 is 2.31 bits per heavy atom. The molecule has 0 spiro atoms. The van der Waals surface area contributed by atoms with Crippen LogP contribution in [-0.2, 0) is 0 Å². The molecule has 1 N–H and O–H groups in total. The summed E-state index contributed by atoms with van der Waals surface area (Å²) in [5.41, 5.74) is 0.140. The molecule has 0 fully saturated rings. The number of alkyl halides is 3. The van der Waals surface area contributed by atoms with Gasteiger partial charge in [-0.25, -0.2) is 4.68 Å². The molecule has 0 bridgehead atoms. The predicted octanol–water partition coefficient (Wildman–Crippen LogP) is 2.06. The number of hydrogen-bond donors (Lipinski definition) is 1. The molecule has 0 aromatic carbocycles. The summed E-state index contributed by atoms with van der Waals surface area (Å²) in [4.78, 5) is 0. The average molecular weight is 230 g/mol. The normalized spacial score (nSPS) is 24.4. The third kappa shape index (κ3) is 1.60.